The van der Waals surface area contributed by atoms with Gasteiger partial charge in [-0.25, -0.2) is 0 Å². The van der Waals surface area contributed by atoms with Gasteiger partial charge in [-0.3, -0.25) is 4.79 Å². The van der Waals surface area contributed by atoms with E-state index in [-0.39, 0.29) is 17.6 Å². The summed E-state index contributed by atoms with van der Waals surface area (Å²) >= 11 is 23.5. The predicted octanol–water partition coefficient (Wildman–Crippen LogP) is 3.03. The maximum atomic E-state index is 11.8. The molecule has 14 heavy (non-hydrogen) atoms. The molecule has 0 aromatic heterocycles. The van der Waals surface area contributed by atoms with Gasteiger partial charge >= 0.3 is 0 Å². The molecule has 0 radical (unpaired) electrons. The largest absolute Gasteiger partial charge is 0.299 e. The monoisotopic (exact) mass is 274 g/mol. The maximum Gasteiger partial charge on any atom is 0.142 e. The Bertz CT molecular complexity index is 256. The third kappa shape index (κ3) is 1.67. The lowest BCUT2D eigenvalue weighted by molar-refractivity contribution is -0.121. The molecule has 1 nitrogen and oxygen atoms in total. The van der Waals surface area contributed by atoms with E-state index in [1.807, 2.05) is 0 Å². The topological polar surface area (TPSA) is 17.1 Å². The van der Waals surface area contributed by atoms with Crippen LogP contribution in [0, 0.1) is 11.8 Å². The van der Waals surface area contributed by atoms with Crippen LogP contribution >= 0.6 is 46.4 Å². The molecular weight excluding hydrogens is 266 g/mol. The average molecular weight is 276 g/mol. The van der Waals surface area contributed by atoms with E-state index < -0.39 is 9.75 Å². The average Bonchev–Trinajstić information content (AvgIpc) is 3.03. The van der Waals surface area contributed by atoms with Crippen LogP contribution in [0.25, 0.3) is 0 Å². The molecule has 80 valence electrons. The summed E-state index contributed by atoms with van der Waals surface area (Å²) in [6, 6.07) is 0. The second-order valence-electron chi connectivity index (χ2n) is 4.25. The maximum absolute atomic E-state index is 11.8. The molecule has 0 aromatic carbocycles. The minimum Gasteiger partial charge on any atom is -0.299 e. The summed E-state index contributed by atoms with van der Waals surface area (Å²) in [6.45, 7) is 0. The molecule has 2 saturated carbocycles. The van der Waals surface area contributed by atoms with Gasteiger partial charge in [-0.15, -0.1) is 46.4 Å². The second kappa shape index (κ2) is 3.41. The standard InChI is InChI=1S/C9H10Cl4O/c10-3-8(12)1-5(8)7(14)6-2-9(6,13)4-11/h5-6H,1-4H2. The van der Waals surface area contributed by atoms with Crippen LogP contribution in [0.15, 0.2) is 0 Å². The highest BCUT2D eigenvalue weighted by Gasteiger charge is 2.65. The molecule has 2 aliphatic rings. The summed E-state index contributed by atoms with van der Waals surface area (Å²) in [5, 5.41) is 0. The van der Waals surface area contributed by atoms with Gasteiger partial charge in [-0.1, -0.05) is 0 Å². The van der Waals surface area contributed by atoms with E-state index in [1.165, 1.54) is 0 Å². The minimum absolute atomic E-state index is 0.101. The molecule has 2 rings (SSSR count). The fourth-order valence-electron chi connectivity index (χ4n) is 1.81. The lowest BCUT2D eigenvalue weighted by Crippen LogP contribution is -2.18. The molecular formula is C9H10Cl4O. The first-order valence-electron chi connectivity index (χ1n) is 4.50. The van der Waals surface area contributed by atoms with Gasteiger partial charge in [0.15, 0.2) is 0 Å². The zero-order valence-corrected chi connectivity index (χ0v) is 10.4. The molecule has 0 N–H and O–H groups in total. The highest BCUT2D eigenvalue weighted by molar-refractivity contribution is 6.36. The van der Waals surface area contributed by atoms with Gasteiger partial charge < -0.3 is 0 Å². The van der Waals surface area contributed by atoms with Crippen molar-refractivity contribution in [2.24, 2.45) is 11.8 Å². The van der Waals surface area contributed by atoms with Gasteiger partial charge in [-0.05, 0) is 12.8 Å². The summed E-state index contributed by atoms with van der Waals surface area (Å²) in [4.78, 5) is 10.8. The molecule has 0 heterocycles. The van der Waals surface area contributed by atoms with Crippen LogP contribution in [0.5, 0.6) is 0 Å². The highest BCUT2D eigenvalue weighted by atomic mass is 35.5. The van der Waals surface area contributed by atoms with Crippen LogP contribution in [0.3, 0.4) is 0 Å². The molecule has 0 bridgehead atoms. The Morgan fingerprint density at radius 1 is 1.07 bits per heavy atom. The van der Waals surface area contributed by atoms with E-state index in [0.29, 0.717) is 24.6 Å². The number of halogens is 4. The third-order valence-corrected chi connectivity index (χ3v) is 5.48. The van der Waals surface area contributed by atoms with Crippen molar-refractivity contribution in [1.29, 1.82) is 0 Å². The molecule has 4 unspecified atom stereocenters. The number of rotatable bonds is 4. The van der Waals surface area contributed by atoms with E-state index in [4.69, 9.17) is 46.4 Å². The molecule has 0 saturated heterocycles. The van der Waals surface area contributed by atoms with Crippen molar-refractivity contribution in [1.82, 2.24) is 0 Å². The van der Waals surface area contributed by atoms with Crippen molar-refractivity contribution >= 4 is 52.2 Å². The molecule has 0 aromatic rings. The fourth-order valence-corrected chi connectivity index (χ4v) is 2.92. The lowest BCUT2D eigenvalue weighted by Gasteiger charge is -2.05. The van der Waals surface area contributed by atoms with E-state index in [9.17, 15) is 4.79 Å². The van der Waals surface area contributed by atoms with Crippen LogP contribution in [-0.2, 0) is 4.79 Å². The van der Waals surface area contributed by atoms with Crippen LogP contribution in [0.2, 0.25) is 0 Å². The quantitative estimate of drug-likeness (QED) is 0.721. The van der Waals surface area contributed by atoms with Crippen LogP contribution in [0.4, 0.5) is 0 Å². The van der Waals surface area contributed by atoms with Crippen molar-refractivity contribution in [3.63, 3.8) is 0 Å². The number of alkyl halides is 4. The molecule has 0 spiro atoms. The minimum atomic E-state index is -0.495. The number of hydrogen-bond donors (Lipinski definition) is 0. The van der Waals surface area contributed by atoms with Gasteiger partial charge in [0.2, 0.25) is 0 Å². The Labute approximate surface area is 103 Å². The van der Waals surface area contributed by atoms with E-state index in [2.05, 4.69) is 0 Å². The molecule has 0 aliphatic heterocycles. The van der Waals surface area contributed by atoms with Crippen molar-refractivity contribution in [3.8, 4) is 0 Å². The summed E-state index contributed by atoms with van der Waals surface area (Å²) in [6.07, 6.45) is 1.37. The fraction of sp³-hybridized carbons (Fsp3) is 0.889. The normalized spacial score (nSPS) is 50.3. The van der Waals surface area contributed by atoms with Gasteiger partial charge in [-0.2, -0.15) is 0 Å². The number of carbonyl (C=O) groups excluding carboxylic acids is 1. The smallest absolute Gasteiger partial charge is 0.142 e. The molecule has 5 heteroatoms. The number of carbonyl (C=O) groups is 1. The number of hydrogen-bond acceptors (Lipinski definition) is 1. The Morgan fingerprint density at radius 2 is 1.43 bits per heavy atom. The predicted molar refractivity (Wildman–Crippen MR) is 59.8 cm³/mol. The highest BCUT2D eigenvalue weighted by Crippen LogP contribution is 2.59. The Morgan fingerprint density at radius 3 is 1.64 bits per heavy atom. The molecule has 0 amide bonds. The summed E-state index contributed by atoms with van der Waals surface area (Å²) in [7, 11) is 0. The SMILES string of the molecule is O=C(C1CC1(Cl)CCl)C1CC1(Cl)CCl. The van der Waals surface area contributed by atoms with Gasteiger partial charge in [0.1, 0.15) is 5.78 Å². The summed E-state index contributed by atoms with van der Waals surface area (Å²) in [5.41, 5.74) is 0. The lowest BCUT2D eigenvalue weighted by atomic mass is 10.1. The number of ketones is 1. The Balaban J connectivity index is 1.94. The van der Waals surface area contributed by atoms with Crippen LogP contribution in [-0.4, -0.2) is 27.3 Å². The molecule has 2 aliphatic carbocycles. The van der Waals surface area contributed by atoms with Crippen molar-refractivity contribution in [2.45, 2.75) is 22.6 Å². The van der Waals surface area contributed by atoms with E-state index >= 15 is 0 Å². The third-order valence-electron chi connectivity index (χ3n) is 3.15. The first-order valence-corrected chi connectivity index (χ1v) is 6.33. The Hall–Kier alpha value is 0.830. The van der Waals surface area contributed by atoms with E-state index in [0.717, 1.165) is 0 Å². The van der Waals surface area contributed by atoms with Crippen LogP contribution < -0.4 is 0 Å². The molecule has 2 fully saturated rings. The van der Waals surface area contributed by atoms with Gasteiger partial charge in [0.05, 0.1) is 9.75 Å². The van der Waals surface area contributed by atoms with Gasteiger partial charge in [0.25, 0.3) is 0 Å². The first kappa shape index (κ1) is 11.3. The van der Waals surface area contributed by atoms with E-state index in [1.54, 1.807) is 0 Å². The van der Waals surface area contributed by atoms with Crippen molar-refractivity contribution in [3.05, 3.63) is 0 Å². The zero-order chi connectivity index (χ0) is 10.6. The molecule has 4 atom stereocenters. The number of Topliss-reactive ketones (excluding diaryl/α,β-unsaturated/α-hetero) is 1. The van der Waals surface area contributed by atoms with Crippen molar-refractivity contribution < 1.29 is 4.79 Å². The first-order chi connectivity index (χ1) is 6.47. The van der Waals surface area contributed by atoms with Crippen LogP contribution in [0.1, 0.15) is 12.8 Å². The Kier molecular flexibility index (Phi) is 2.76. The second-order valence-corrected chi connectivity index (χ2v) is 6.29. The van der Waals surface area contributed by atoms with Gasteiger partial charge in [0, 0.05) is 23.6 Å². The summed E-state index contributed by atoms with van der Waals surface area (Å²) < 4.78 is 0. The van der Waals surface area contributed by atoms with Crippen molar-refractivity contribution in [2.75, 3.05) is 11.8 Å². The zero-order valence-electron chi connectivity index (χ0n) is 7.40. The summed E-state index contributed by atoms with van der Waals surface area (Å²) in [5.74, 6) is 0.601.